The van der Waals surface area contributed by atoms with Gasteiger partial charge < -0.3 is 5.32 Å². The second kappa shape index (κ2) is 5.74. The van der Waals surface area contributed by atoms with Crippen LogP contribution in [-0.2, 0) is 4.79 Å². The molecule has 2 aromatic heterocycles. The first-order chi connectivity index (χ1) is 11.7. The lowest BCUT2D eigenvalue weighted by Crippen LogP contribution is -2.26. The molecular weight excluding hydrogens is 306 g/mol. The van der Waals surface area contributed by atoms with Gasteiger partial charge in [-0.2, -0.15) is 5.10 Å². The van der Waals surface area contributed by atoms with Crippen molar-refractivity contribution in [2.75, 3.05) is 5.32 Å². The minimum absolute atomic E-state index is 0.00587. The third-order valence-electron chi connectivity index (χ3n) is 4.83. The molecule has 0 spiro atoms. The van der Waals surface area contributed by atoms with Gasteiger partial charge >= 0.3 is 0 Å². The van der Waals surface area contributed by atoms with Crippen molar-refractivity contribution in [3.63, 3.8) is 0 Å². The summed E-state index contributed by atoms with van der Waals surface area (Å²) in [5, 5.41) is 15.5. The third kappa shape index (κ3) is 2.19. The number of rotatable bonds is 4. The predicted octanol–water partition coefficient (Wildman–Crippen LogP) is 3.25. The quantitative estimate of drug-likeness (QED) is 0.795. The number of carbonyl (C=O) groups is 1. The second-order valence-electron chi connectivity index (χ2n) is 6.15. The first-order valence-electron chi connectivity index (χ1n) is 8.31. The van der Waals surface area contributed by atoms with Crippen molar-refractivity contribution in [3.8, 4) is 0 Å². The van der Waals surface area contributed by atoms with E-state index in [1.807, 2.05) is 29.1 Å². The van der Waals surface area contributed by atoms with Crippen LogP contribution >= 0.6 is 0 Å². The molecule has 0 aliphatic carbocycles. The van der Waals surface area contributed by atoms with E-state index in [4.69, 9.17) is 4.63 Å². The molecule has 1 aromatic carbocycles. The summed E-state index contributed by atoms with van der Waals surface area (Å²) in [4.78, 5) is 12.3. The molecule has 1 aliphatic rings. The van der Waals surface area contributed by atoms with E-state index >= 15 is 0 Å². The van der Waals surface area contributed by atoms with E-state index in [-0.39, 0.29) is 17.9 Å². The fourth-order valence-corrected chi connectivity index (χ4v) is 3.54. The Hall–Kier alpha value is -2.70. The lowest BCUT2D eigenvalue weighted by molar-refractivity contribution is -0.116. The minimum atomic E-state index is -0.0903. The van der Waals surface area contributed by atoms with Gasteiger partial charge in [0.15, 0.2) is 0 Å². The molecule has 3 heterocycles. The molecule has 1 aliphatic heterocycles. The molecule has 7 heteroatoms. The van der Waals surface area contributed by atoms with Crippen LogP contribution in [0.2, 0.25) is 0 Å². The van der Waals surface area contributed by atoms with E-state index in [0.717, 1.165) is 29.8 Å². The average molecular weight is 325 g/mol. The van der Waals surface area contributed by atoms with Gasteiger partial charge in [0.05, 0.1) is 12.2 Å². The summed E-state index contributed by atoms with van der Waals surface area (Å²) in [5.41, 5.74) is 3.39. The van der Waals surface area contributed by atoms with Gasteiger partial charge in [-0.3, -0.25) is 4.79 Å². The number of anilines is 1. The number of carbonyl (C=O) groups excluding carboxylic acids is 1. The van der Waals surface area contributed by atoms with Gasteiger partial charge in [0.2, 0.25) is 5.91 Å². The number of aromatic nitrogens is 4. The Kier molecular flexibility index (Phi) is 3.55. The lowest BCUT2D eigenvalue weighted by Gasteiger charge is -2.25. The summed E-state index contributed by atoms with van der Waals surface area (Å²) in [6, 6.07) is 6.03. The maximum atomic E-state index is 12.3. The monoisotopic (exact) mass is 325 g/mol. The summed E-state index contributed by atoms with van der Waals surface area (Å²) in [7, 11) is 0. The SMILES string of the molecule is CCC(CC)n1ncc2c1NC(=O)C[C@@H]2c1cccc2nonc12. The molecule has 1 N–H and O–H groups in total. The average Bonchev–Trinajstić information content (AvgIpc) is 3.22. The molecule has 7 nitrogen and oxygen atoms in total. The van der Waals surface area contributed by atoms with Crippen molar-refractivity contribution in [1.29, 1.82) is 0 Å². The first kappa shape index (κ1) is 14.9. The molecule has 1 amide bonds. The highest BCUT2D eigenvalue weighted by Gasteiger charge is 2.32. The Morgan fingerprint density at radius 2 is 2.12 bits per heavy atom. The summed E-state index contributed by atoms with van der Waals surface area (Å²) in [5.74, 6) is 0.708. The highest BCUT2D eigenvalue weighted by Crippen LogP contribution is 2.40. The van der Waals surface area contributed by atoms with Crippen molar-refractivity contribution in [2.45, 2.75) is 45.1 Å². The molecule has 0 unspecified atom stereocenters. The smallest absolute Gasteiger partial charge is 0.226 e. The van der Waals surface area contributed by atoms with Gasteiger partial charge in [-0.05, 0) is 34.8 Å². The van der Waals surface area contributed by atoms with Crippen LogP contribution in [0.15, 0.2) is 29.0 Å². The van der Waals surface area contributed by atoms with E-state index in [1.54, 1.807) is 0 Å². The highest BCUT2D eigenvalue weighted by molar-refractivity contribution is 5.95. The molecule has 1 atom stereocenters. The molecule has 0 bridgehead atoms. The van der Waals surface area contributed by atoms with Crippen LogP contribution in [0.1, 0.15) is 56.2 Å². The standard InChI is InChI=1S/C17H19N5O2/c1-3-10(4-2)22-17-13(9-18-22)12(8-15(23)19-17)11-6-5-7-14-16(11)21-24-20-14/h5-7,9-10,12H,3-4,8H2,1-2H3,(H,19,23)/t12-/m1/s1. The molecule has 3 aromatic rings. The zero-order valence-electron chi connectivity index (χ0n) is 13.7. The summed E-state index contributed by atoms with van der Waals surface area (Å²) in [6.45, 7) is 4.26. The Balaban J connectivity index is 1.85. The maximum absolute atomic E-state index is 12.3. The van der Waals surface area contributed by atoms with E-state index in [0.29, 0.717) is 17.5 Å². The summed E-state index contributed by atoms with van der Waals surface area (Å²) >= 11 is 0. The van der Waals surface area contributed by atoms with Crippen LogP contribution in [0, 0.1) is 0 Å². The van der Waals surface area contributed by atoms with Gasteiger partial charge in [0.25, 0.3) is 0 Å². The Labute approximate surface area is 139 Å². The van der Waals surface area contributed by atoms with Crippen LogP contribution in [0.25, 0.3) is 11.0 Å². The van der Waals surface area contributed by atoms with Gasteiger partial charge in [0.1, 0.15) is 16.9 Å². The maximum Gasteiger partial charge on any atom is 0.226 e. The Morgan fingerprint density at radius 1 is 1.29 bits per heavy atom. The zero-order chi connectivity index (χ0) is 16.7. The van der Waals surface area contributed by atoms with Gasteiger partial charge in [-0.1, -0.05) is 26.0 Å². The normalized spacial score (nSPS) is 17.3. The molecule has 0 saturated heterocycles. The van der Waals surface area contributed by atoms with Gasteiger partial charge in [-0.15, -0.1) is 0 Å². The third-order valence-corrected chi connectivity index (χ3v) is 4.83. The van der Waals surface area contributed by atoms with Crippen molar-refractivity contribution in [1.82, 2.24) is 20.1 Å². The molecule has 0 radical (unpaired) electrons. The van der Waals surface area contributed by atoms with Crippen LogP contribution in [0.3, 0.4) is 0 Å². The molecule has 0 saturated carbocycles. The number of hydrogen-bond acceptors (Lipinski definition) is 5. The van der Waals surface area contributed by atoms with E-state index < -0.39 is 0 Å². The zero-order valence-corrected chi connectivity index (χ0v) is 13.7. The van der Waals surface area contributed by atoms with Crippen LogP contribution < -0.4 is 5.32 Å². The van der Waals surface area contributed by atoms with Crippen molar-refractivity contribution in [3.05, 3.63) is 35.5 Å². The number of fused-ring (bicyclic) bond motifs is 2. The molecule has 24 heavy (non-hydrogen) atoms. The largest absolute Gasteiger partial charge is 0.311 e. The number of nitrogens with one attached hydrogen (secondary N) is 1. The fraction of sp³-hybridized carbons (Fsp3) is 0.412. The highest BCUT2D eigenvalue weighted by atomic mass is 16.6. The Morgan fingerprint density at radius 3 is 2.92 bits per heavy atom. The minimum Gasteiger partial charge on any atom is -0.311 e. The topological polar surface area (TPSA) is 85.8 Å². The molecule has 4 rings (SSSR count). The lowest BCUT2D eigenvalue weighted by atomic mass is 9.86. The molecule has 0 fully saturated rings. The number of amides is 1. The Bertz CT molecular complexity index is 893. The van der Waals surface area contributed by atoms with Crippen molar-refractivity contribution >= 4 is 22.8 Å². The van der Waals surface area contributed by atoms with Crippen LogP contribution in [0.5, 0.6) is 0 Å². The van der Waals surface area contributed by atoms with E-state index in [9.17, 15) is 4.79 Å². The second-order valence-corrected chi connectivity index (χ2v) is 6.15. The van der Waals surface area contributed by atoms with Crippen molar-refractivity contribution in [2.24, 2.45) is 0 Å². The van der Waals surface area contributed by atoms with E-state index in [1.165, 1.54) is 0 Å². The first-order valence-corrected chi connectivity index (χ1v) is 8.31. The van der Waals surface area contributed by atoms with E-state index in [2.05, 4.69) is 34.6 Å². The number of benzene rings is 1. The number of nitrogens with zero attached hydrogens (tertiary/aromatic N) is 4. The summed E-state index contributed by atoms with van der Waals surface area (Å²) < 4.78 is 6.81. The number of hydrogen-bond donors (Lipinski definition) is 1. The molecule has 124 valence electrons. The van der Waals surface area contributed by atoms with Crippen LogP contribution in [0.4, 0.5) is 5.82 Å². The van der Waals surface area contributed by atoms with Crippen molar-refractivity contribution < 1.29 is 9.42 Å². The summed E-state index contributed by atoms with van der Waals surface area (Å²) in [6.07, 6.45) is 4.17. The fourth-order valence-electron chi connectivity index (χ4n) is 3.54. The van der Waals surface area contributed by atoms with Crippen LogP contribution in [-0.4, -0.2) is 26.0 Å². The molecular formula is C17H19N5O2. The van der Waals surface area contributed by atoms with Gasteiger partial charge in [-0.25, -0.2) is 9.31 Å². The predicted molar refractivity (Wildman–Crippen MR) is 88.7 cm³/mol. The van der Waals surface area contributed by atoms with Gasteiger partial charge in [0, 0.05) is 17.9 Å².